The van der Waals surface area contributed by atoms with E-state index in [9.17, 15) is 0 Å². The van der Waals surface area contributed by atoms with Crippen LogP contribution in [0.1, 0.15) is 18.4 Å². The van der Waals surface area contributed by atoms with E-state index in [4.69, 9.17) is 0 Å². The summed E-state index contributed by atoms with van der Waals surface area (Å²) in [5.41, 5.74) is 1.32. The number of likely N-dealkylation sites (tertiary alicyclic amines) is 1. The molecule has 0 saturated carbocycles. The van der Waals surface area contributed by atoms with E-state index in [1.54, 1.807) is 0 Å². The van der Waals surface area contributed by atoms with E-state index >= 15 is 0 Å². The summed E-state index contributed by atoms with van der Waals surface area (Å²) >= 11 is 0. The monoisotopic (exact) mass is 208 g/mol. The first-order valence-corrected chi connectivity index (χ1v) is 5.65. The van der Waals surface area contributed by atoms with Crippen molar-refractivity contribution < 1.29 is 0 Å². The first-order valence-electron chi connectivity index (χ1n) is 5.65. The van der Waals surface area contributed by atoms with Crippen LogP contribution in [0.2, 0.25) is 0 Å². The van der Waals surface area contributed by atoms with Crippen molar-refractivity contribution in [2.75, 3.05) is 20.1 Å². The second-order valence-electron chi connectivity index (χ2n) is 4.36. The van der Waals surface area contributed by atoms with Gasteiger partial charge in [0.25, 0.3) is 0 Å². The molecule has 84 valence electrons. The van der Waals surface area contributed by atoms with Gasteiger partial charge in [-0.25, -0.2) is 0 Å². The summed E-state index contributed by atoms with van der Waals surface area (Å²) in [6, 6.07) is 0.718. The van der Waals surface area contributed by atoms with Gasteiger partial charge in [0, 0.05) is 31.4 Å². The number of aromatic nitrogens is 2. The van der Waals surface area contributed by atoms with Gasteiger partial charge in [-0.05, 0) is 33.0 Å². The normalized spacial score (nSPS) is 19.6. The second-order valence-corrected chi connectivity index (χ2v) is 4.36. The third-order valence-electron chi connectivity index (χ3n) is 3.16. The molecule has 0 radical (unpaired) electrons. The summed E-state index contributed by atoms with van der Waals surface area (Å²) in [6.45, 7) is 3.44. The van der Waals surface area contributed by atoms with Crippen molar-refractivity contribution in [3.05, 3.63) is 18.0 Å². The molecular formula is C11H20N4. The van der Waals surface area contributed by atoms with E-state index in [2.05, 4.69) is 28.6 Å². The molecule has 1 aliphatic rings. The Morgan fingerprint density at radius 2 is 2.20 bits per heavy atom. The van der Waals surface area contributed by atoms with Crippen LogP contribution in [0.25, 0.3) is 0 Å². The van der Waals surface area contributed by atoms with Crippen LogP contribution in [0.3, 0.4) is 0 Å². The molecule has 4 heteroatoms. The van der Waals surface area contributed by atoms with Gasteiger partial charge in [-0.2, -0.15) is 5.10 Å². The van der Waals surface area contributed by atoms with Crippen LogP contribution in [0.5, 0.6) is 0 Å². The molecule has 1 N–H and O–H groups in total. The Balaban J connectivity index is 1.82. The molecule has 0 amide bonds. The van der Waals surface area contributed by atoms with Crippen molar-refractivity contribution in [3.63, 3.8) is 0 Å². The summed E-state index contributed by atoms with van der Waals surface area (Å²) in [7, 11) is 4.03. The zero-order valence-corrected chi connectivity index (χ0v) is 9.61. The second kappa shape index (κ2) is 4.77. The Morgan fingerprint density at radius 1 is 1.47 bits per heavy atom. The predicted molar refractivity (Wildman–Crippen MR) is 60.6 cm³/mol. The van der Waals surface area contributed by atoms with Crippen molar-refractivity contribution in [1.29, 1.82) is 0 Å². The molecule has 1 aromatic heterocycles. The first kappa shape index (κ1) is 10.6. The highest BCUT2D eigenvalue weighted by atomic mass is 15.2. The van der Waals surface area contributed by atoms with Crippen LogP contribution in [0.15, 0.2) is 12.4 Å². The average Bonchev–Trinajstić information content (AvgIpc) is 2.65. The highest BCUT2D eigenvalue weighted by molar-refractivity contribution is 5.03. The fraction of sp³-hybridized carbons (Fsp3) is 0.727. The lowest BCUT2D eigenvalue weighted by Gasteiger charge is -2.31. The van der Waals surface area contributed by atoms with Crippen molar-refractivity contribution in [2.24, 2.45) is 7.05 Å². The molecule has 0 unspecified atom stereocenters. The van der Waals surface area contributed by atoms with Gasteiger partial charge < -0.3 is 5.32 Å². The third-order valence-corrected chi connectivity index (χ3v) is 3.16. The lowest BCUT2D eigenvalue weighted by Crippen LogP contribution is -2.40. The predicted octanol–water partition coefficient (Wildman–Crippen LogP) is 0.604. The molecule has 1 aliphatic heterocycles. The smallest absolute Gasteiger partial charge is 0.0534 e. The van der Waals surface area contributed by atoms with Gasteiger partial charge in [-0.3, -0.25) is 9.58 Å². The van der Waals surface area contributed by atoms with Gasteiger partial charge in [-0.15, -0.1) is 0 Å². The van der Waals surface area contributed by atoms with E-state index < -0.39 is 0 Å². The van der Waals surface area contributed by atoms with Gasteiger partial charge in [-0.1, -0.05) is 0 Å². The molecule has 0 aromatic carbocycles. The molecule has 0 aliphatic carbocycles. The number of hydrogen-bond donors (Lipinski definition) is 1. The molecule has 1 aromatic rings. The molecule has 0 atom stereocenters. The van der Waals surface area contributed by atoms with E-state index in [1.165, 1.54) is 31.5 Å². The Morgan fingerprint density at radius 3 is 2.73 bits per heavy atom. The van der Waals surface area contributed by atoms with E-state index in [0.717, 1.165) is 12.6 Å². The molecule has 0 spiro atoms. The molecular weight excluding hydrogens is 188 g/mol. The van der Waals surface area contributed by atoms with Gasteiger partial charge in [0.1, 0.15) is 0 Å². The maximum atomic E-state index is 4.19. The lowest BCUT2D eigenvalue weighted by atomic mass is 10.1. The minimum atomic E-state index is 0.718. The van der Waals surface area contributed by atoms with Gasteiger partial charge in [0.15, 0.2) is 0 Å². The standard InChI is InChI=1S/C11H20N4/c1-12-11-3-5-15(6-4-11)9-10-7-13-14(2)8-10/h7-8,11-12H,3-6,9H2,1-2H3. The fourth-order valence-corrected chi connectivity index (χ4v) is 2.19. The number of nitrogens with one attached hydrogen (secondary N) is 1. The largest absolute Gasteiger partial charge is 0.317 e. The first-order chi connectivity index (χ1) is 7.28. The minimum absolute atomic E-state index is 0.718. The molecule has 1 saturated heterocycles. The van der Waals surface area contributed by atoms with Crippen molar-refractivity contribution in [3.8, 4) is 0 Å². The summed E-state index contributed by atoms with van der Waals surface area (Å²) < 4.78 is 1.87. The van der Waals surface area contributed by atoms with E-state index in [-0.39, 0.29) is 0 Å². The molecule has 0 bridgehead atoms. The third kappa shape index (κ3) is 2.79. The maximum Gasteiger partial charge on any atom is 0.0534 e. The van der Waals surface area contributed by atoms with Gasteiger partial charge >= 0.3 is 0 Å². The summed E-state index contributed by atoms with van der Waals surface area (Å²) in [5, 5.41) is 7.54. The molecule has 15 heavy (non-hydrogen) atoms. The SMILES string of the molecule is CNC1CCN(Cc2cnn(C)c2)CC1. The highest BCUT2D eigenvalue weighted by Gasteiger charge is 2.17. The van der Waals surface area contributed by atoms with Crippen LogP contribution < -0.4 is 5.32 Å². The topological polar surface area (TPSA) is 33.1 Å². The Hall–Kier alpha value is -0.870. The Bertz CT molecular complexity index is 299. The van der Waals surface area contributed by atoms with Gasteiger partial charge in [0.05, 0.1) is 6.20 Å². The average molecular weight is 208 g/mol. The van der Waals surface area contributed by atoms with Gasteiger partial charge in [0.2, 0.25) is 0 Å². The molecule has 2 heterocycles. The Labute approximate surface area is 91.3 Å². The minimum Gasteiger partial charge on any atom is -0.317 e. The summed E-state index contributed by atoms with van der Waals surface area (Å²) in [6.07, 6.45) is 6.59. The van der Waals surface area contributed by atoms with Crippen molar-refractivity contribution >= 4 is 0 Å². The zero-order valence-electron chi connectivity index (χ0n) is 9.61. The van der Waals surface area contributed by atoms with E-state index in [0.29, 0.717) is 0 Å². The number of piperidine rings is 1. The number of aryl methyl sites for hydroxylation is 1. The zero-order chi connectivity index (χ0) is 10.7. The molecule has 2 rings (SSSR count). The number of nitrogens with zero attached hydrogens (tertiary/aromatic N) is 3. The number of hydrogen-bond acceptors (Lipinski definition) is 3. The highest BCUT2D eigenvalue weighted by Crippen LogP contribution is 2.12. The van der Waals surface area contributed by atoms with Crippen molar-refractivity contribution in [2.45, 2.75) is 25.4 Å². The van der Waals surface area contributed by atoms with Crippen LogP contribution in [-0.4, -0.2) is 40.9 Å². The molecule has 1 fully saturated rings. The Kier molecular flexibility index (Phi) is 3.38. The van der Waals surface area contributed by atoms with Crippen LogP contribution in [0.4, 0.5) is 0 Å². The van der Waals surface area contributed by atoms with Crippen LogP contribution in [-0.2, 0) is 13.6 Å². The fourth-order valence-electron chi connectivity index (χ4n) is 2.19. The van der Waals surface area contributed by atoms with Crippen LogP contribution in [0, 0.1) is 0 Å². The summed E-state index contributed by atoms with van der Waals surface area (Å²) in [5.74, 6) is 0. The van der Waals surface area contributed by atoms with Crippen molar-refractivity contribution in [1.82, 2.24) is 20.0 Å². The quantitative estimate of drug-likeness (QED) is 0.790. The number of rotatable bonds is 3. The maximum absolute atomic E-state index is 4.19. The lowest BCUT2D eigenvalue weighted by molar-refractivity contribution is 0.194. The summed E-state index contributed by atoms with van der Waals surface area (Å²) in [4.78, 5) is 2.50. The van der Waals surface area contributed by atoms with Crippen LogP contribution >= 0.6 is 0 Å². The van der Waals surface area contributed by atoms with E-state index in [1.807, 2.05) is 17.9 Å². The molecule has 4 nitrogen and oxygen atoms in total.